The summed E-state index contributed by atoms with van der Waals surface area (Å²) in [6.07, 6.45) is 1.52. The summed E-state index contributed by atoms with van der Waals surface area (Å²) in [4.78, 5) is 34.8. The number of carbonyl (C=O) groups excluding carboxylic acids is 2. The normalized spacial score (nSPS) is 11.0. The molecule has 0 saturated carbocycles. The second-order valence-electron chi connectivity index (χ2n) is 4.47. The minimum Gasteiger partial charge on any atom is -0.394 e. The van der Waals surface area contributed by atoms with Gasteiger partial charge in [-0.05, 0) is 0 Å². The molecular weight excluding hydrogens is 356 g/mol. The Morgan fingerprint density at radius 2 is 1.92 bits per heavy atom. The van der Waals surface area contributed by atoms with E-state index in [1.54, 1.807) is 4.57 Å². The van der Waals surface area contributed by atoms with Crippen molar-refractivity contribution in [3.05, 3.63) is 6.33 Å². The minimum atomic E-state index is -0.491. The molecule has 2 amide bonds. The van der Waals surface area contributed by atoms with Crippen LogP contribution in [0, 0.1) is 0 Å². The molecule has 0 aliphatic carbocycles. The SMILES string of the molecule is NC(=O)CSc1nc(SCC(N)=O)c2ncn(COCCO)c2n1. The summed E-state index contributed by atoms with van der Waals surface area (Å²) >= 11 is 2.22. The van der Waals surface area contributed by atoms with E-state index in [1.165, 1.54) is 6.33 Å². The molecule has 2 rings (SSSR count). The molecular formula is C12H16N6O4S2. The fraction of sp³-hybridized carbons (Fsp3) is 0.417. The van der Waals surface area contributed by atoms with Gasteiger partial charge in [0, 0.05) is 0 Å². The van der Waals surface area contributed by atoms with Crippen molar-refractivity contribution in [3.63, 3.8) is 0 Å². The molecule has 0 spiro atoms. The number of fused-ring (bicyclic) bond motifs is 1. The van der Waals surface area contributed by atoms with Gasteiger partial charge in [-0.1, -0.05) is 23.5 Å². The van der Waals surface area contributed by atoms with Crippen LogP contribution >= 0.6 is 23.5 Å². The molecule has 12 heteroatoms. The maximum atomic E-state index is 11.0. The number of hydrogen-bond acceptors (Lipinski definition) is 9. The fourth-order valence-corrected chi connectivity index (χ4v) is 3.01. The summed E-state index contributed by atoms with van der Waals surface area (Å²) in [6, 6.07) is 0. The van der Waals surface area contributed by atoms with E-state index in [2.05, 4.69) is 15.0 Å². The molecule has 5 N–H and O–H groups in total. The van der Waals surface area contributed by atoms with Gasteiger partial charge in [0.25, 0.3) is 0 Å². The first-order valence-corrected chi connectivity index (χ1v) is 8.72. The lowest BCUT2D eigenvalue weighted by Crippen LogP contribution is -2.14. The van der Waals surface area contributed by atoms with Crippen molar-refractivity contribution < 1.29 is 19.4 Å². The quantitative estimate of drug-likeness (QED) is 0.204. The molecule has 0 aliphatic rings. The lowest BCUT2D eigenvalue weighted by molar-refractivity contribution is -0.116. The van der Waals surface area contributed by atoms with Crippen LogP contribution in [0.5, 0.6) is 0 Å². The first kappa shape index (κ1) is 18.4. The maximum absolute atomic E-state index is 11.0. The van der Waals surface area contributed by atoms with Gasteiger partial charge in [-0.3, -0.25) is 14.2 Å². The number of hydrogen-bond donors (Lipinski definition) is 3. The highest BCUT2D eigenvalue weighted by Gasteiger charge is 2.15. The third-order valence-electron chi connectivity index (χ3n) is 2.57. The highest BCUT2D eigenvalue weighted by atomic mass is 32.2. The molecule has 10 nitrogen and oxygen atoms in total. The minimum absolute atomic E-state index is 0.0284. The summed E-state index contributed by atoms with van der Waals surface area (Å²) in [7, 11) is 0. The van der Waals surface area contributed by atoms with E-state index >= 15 is 0 Å². The van der Waals surface area contributed by atoms with Crippen molar-refractivity contribution >= 4 is 46.5 Å². The van der Waals surface area contributed by atoms with Crippen LogP contribution in [0.4, 0.5) is 0 Å². The number of thioether (sulfide) groups is 2. The van der Waals surface area contributed by atoms with Gasteiger partial charge in [0.05, 0.1) is 31.0 Å². The molecule has 0 aromatic carbocycles. The summed E-state index contributed by atoms with van der Waals surface area (Å²) in [5.74, 6) is -0.904. The van der Waals surface area contributed by atoms with Crippen LogP contribution in [0.2, 0.25) is 0 Å². The number of primary amides is 2. The number of imidazole rings is 1. The lowest BCUT2D eigenvalue weighted by atomic mass is 10.5. The monoisotopic (exact) mass is 372 g/mol. The molecule has 24 heavy (non-hydrogen) atoms. The molecule has 0 unspecified atom stereocenters. The zero-order valence-electron chi connectivity index (χ0n) is 12.5. The zero-order valence-corrected chi connectivity index (χ0v) is 14.2. The molecule has 2 heterocycles. The van der Waals surface area contributed by atoms with Crippen LogP contribution in [-0.4, -0.2) is 61.2 Å². The van der Waals surface area contributed by atoms with Crippen molar-refractivity contribution in [1.29, 1.82) is 0 Å². The highest BCUT2D eigenvalue weighted by Crippen LogP contribution is 2.27. The van der Waals surface area contributed by atoms with Crippen molar-refractivity contribution in [2.45, 2.75) is 16.9 Å². The van der Waals surface area contributed by atoms with Crippen molar-refractivity contribution in [2.75, 3.05) is 24.7 Å². The second kappa shape index (κ2) is 8.82. The van der Waals surface area contributed by atoms with E-state index in [4.69, 9.17) is 21.3 Å². The van der Waals surface area contributed by atoms with Gasteiger partial charge < -0.3 is 21.3 Å². The molecule has 0 bridgehead atoms. The number of nitrogens with zero attached hydrogens (tertiary/aromatic N) is 4. The van der Waals surface area contributed by atoms with Crippen LogP contribution in [0.1, 0.15) is 0 Å². The molecule has 0 fully saturated rings. The number of rotatable bonds is 10. The Morgan fingerprint density at radius 1 is 1.21 bits per heavy atom. The van der Waals surface area contributed by atoms with Gasteiger partial charge in [-0.15, -0.1) is 0 Å². The summed E-state index contributed by atoms with van der Waals surface area (Å²) in [6.45, 7) is 0.228. The van der Waals surface area contributed by atoms with Gasteiger partial charge in [-0.2, -0.15) is 0 Å². The van der Waals surface area contributed by atoms with Crippen LogP contribution in [0.15, 0.2) is 16.5 Å². The van der Waals surface area contributed by atoms with E-state index in [9.17, 15) is 9.59 Å². The van der Waals surface area contributed by atoms with Crippen LogP contribution in [0.3, 0.4) is 0 Å². The first-order valence-electron chi connectivity index (χ1n) is 6.75. The number of amides is 2. The molecule has 2 aromatic rings. The maximum Gasteiger partial charge on any atom is 0.227 e. The predicted octanol–water partition coefficient (Wildman–Crippen LogP) is -1.05. The largest absolute Gasteiger partial charge is 0.394 e. The van der Waals surface area contributed by atoms with Crippen LogP contribution in [0.25, 0.3) is 11.2 Å². The van der Waals surface area contributed by atoms with Gasteiger partial charge in [0.1, 0.15) is 17.3 Å². The van der Waals surface area contributed by atoms with E-state index in [-0.39, 0.29) is 31.5 Å². The Bertz CT molecular complexity index is 738. The van der Waals surface area contributed by atoms with Crippen molar-refractivity contribution in [2.24, 2.45) is 11.5 Å². The Balaban J connectivity index is 2.33. The predicted molar refractivity (Wildman–Crippen MR) is 88.2 cm³/mol. The van der Waals surface area contributed by atoms with Gasteiger partial charge in [0.15, 0.2) is 10.8 Å². The molecule has 0 atom stereocenters. The summed E-state index contributed by atoms with van der Waals surface area (Å²) in [5, 5.41) is 9.58. The Labute approximate surface area is 145 Å². The second-order valence-corrected chi connectivity index (χ2v) is 6.38. The number of carbonyl (C=O) groups is 2. The third kappa shape index (κ3) is 5.06. The molecule has 0 radical (unpaired) electrons. The van der Waals surface area contributed by atoms with Crippen LogP contribution in [-0.2, 0) is 21.1 Å². The Morgan fingerprint density at radius 3 is 2.58 bits per heavy atom. The number of aromatic nitrogens is 4. The van der Waals surface area contributed by atoms with Gasteiger partial charge >= 0.3 is 0 Å². The van der Waals surface area contributed by atoms with Gasteiger partial charge in [0.2, 0.25) is 11.8 Å². The third-order valence-corrected chi connectivity index (χ3v) is 4.43. The topological polar surface area (TPSA) is 159 Å². The Hall–Kier alpha value is -1.89. The summed E-state index contributed by atoms with van der Waals surface area (Å²) < 4.78 is 6.90. The van der Waals surface area contributed by atoms with E-state index in [0.29, 0.717) is 21.3 Å². The molecule has 0 saturated heterocycles. The van der Waals surface area contributed by atoms with E-state index < -0.39 is 11.8 Å². The van der Waals surface area contributed by atoms with Crippen LogP contribution < -0.4 is 11.5 Å². The highest BCUT2D eigenvalue weighted by molar-refractivity contribution is 8.00. The average Bonchev–Trinajstić information content (AvgIpc) is 2.94. The standard InChI is InChI=1S/C12H16N6O4S2/c13-7(20)3-23-11-9-10(16-12(17-11)24-4-8(14)21)18(5-15-9)6-22-2-1-19/h5,19H,1-4,6H2,(H2,13,20)(H2,14,21). The lowest BCUT2D eigenvalue weighted by Gasteiger charge is -2.07. The zero-order chi connectivity index (χ0) is 17.5. The average molecular weight is 372 g/mol. The van der Waals surface area contributed by atoms with Crippen molar-refractivity contribution in [3.8, 4) is 0 Å². The number of nitrogens with two attached hydrogens (primary N) is 2. The van der Waals surface area contributed by atoms with E-state index in [0.717, 1.165) is 23.5 Å². The number of aliphatic hydroxyl groups is 1. The molecule has 0 aliphatic heterocycles. The molecule has 2 aromatic heterocycles. The fourth-order valence-electron chi connectivity index (χ4n) is 1.66. The number of ether oxygens (including phenoxy) is 1. The van der Waals surface area contributed by atoms with Crippen molar-refractivity contribution in [1.82, 2.24) is 19.5 Å². The first-order chi connectivity index (χ1) is 11.5. The summed E-state index contributed by atoms with van der Waals surface area (Å²) in [5.41, 5.74) is 11.3. The van der Waals surface area contributed by atoms with Gasteiger partial charge in [-0.25, -0.2) is 15.0 Å². The number of aliphatic hydroxyl groups excluding tert-OH is 1. The smallest absolute Gasteiger partial charge is 0.227 e. The Kier molecular flexibility index (Phi) is 6.78. The molecule has 130 valence electrons. The van der Waals surface area contributed by atoms with E-state index in [1.807, 2.05) is 0 Å².